The van der Waals surface area contributed by atoms with Gasteiger partial charge in [0.15, 0.2) is 0 Å². The summed E-state index contributed by atoms with van der Waals surface area (Å²) < 4.78 is 4.95. The zero-order valence-corrected chi connectivity index (χ0v) is 11.3. The minimum Gasteiger partial charge on any atom is -0.396 e. The summed E-state index contributed by atoms with van der Waals surface area (Å²) in [5, 5.41) is 14.6. The second-order valence-corrected chi connectivity index (χ2v) is 4.66. The van der Waals surface area contributed by atoms with Crippen LogP contribution in [0.4, 0.5) is 4.79 Å². The molecular weight excluding hydrogens is 220 g/mol. The third-order valence-corrected chi connectivity index (χ3v) is 2.69. The number of methoxy groups -OCH3 is 1. The Morgan fingerprint density at radius 3 is 2.35 bits per heavy atom. The number of ether oxygens (including phenoxy) is 1. The van der Waals surface area contributed by atoms with Crippen LogP contribution in [0.2, 0.25) is 0 Å². The zero-order chi connectivity index (χ0) is 13.3. The molecule has 0 fully saturated rings. The number of rotatable bonds is 8. The van der Waals surface area contributed by atoms with Crippen molar-refractivity contribution in [2.45, 2.75) is 45.7 Å². The van der Waals surface area contributed by atoms with E-state index in [-0.39, 0.29) is 24.7 Å². The highest BCUT2D eigenvalue weighted by molar-refractivity contribution is 5.74. The highest BCUT2D eigenvalue weighted by Crippen LogP contribution is 2.05. The first kappa shape index (κ1) is 16.2. The summed E-state index contributed by atoms with van der Waals surface area (Å²) in [6.07, 6.45) is 1.37. The smallest absolute Gasteiger partial charge is 0.315 e. The maximum Gasteiger partial charge on any atom is 0.315 e. The van der Waals surface area contributed by atoms with Crippen LogP contribution in [0.3, 0.4) is 0 Å². The van der Waals surface area contributed by atoms with Crippen LogP contribution in [0.15, 0.2) is 0 Å². The molecule has 3 N–H and O–H groups in total. The quantitative estimate of drug-likeness (QED) is 0.601. The van der Waals surface area contributed by atoms with Crippen molar-refractivity contribution in [3.8, 4) is 0 Å². The number of carbonyl (C=O) groups excluding carboxylic acids is 1. The van der Waals surface area contributed by atoms with Crippen LogP contribution in [0, 0.1) is 5.92 Å². The Morgan fingerprint density at radius 2 is 1.88 bits per heavy atom. The van der Waals surface area contributed by atoms with E-state index in [0.29, 0.717) is 18.9 Å². The van der Waals surface area contributed by atoms with Crippen molar-refractivity contribution in [3.05, 3.63) is 0 Å². The fourth-order valence-corrected chi connectivity index (χ4v) is 1.51. The second-order valence-electron chi connectivity index (χ2n) is 4.66. The van der Waals surface area contributed by atoms with Crippen molar-refractivity contribution >= 4 is 6.03 Å². The number of nitrogens with one attached hydrogen (secondary N) is 2. The number of amides is 2. The Labute approximate surface area is 104 Å². The molecule has 5 heteroatoms. The number of hydrogen-bond donors (Lipinski definition) is 3. The van der Waals surface area contributed by atoms with Crippen molar-refractivity contribution in [1.82, 2.24) is 10.6 Å². The Kier molecular flexibility index (Phi) is 8.80. The minimum atomic E-state index is -0.180. The largest absolute Gasteiger partial charge is 0.396 e. The summed E-state index contributed by atoms with van der Waals surface area (Å²) in [6.45, 7) is 6.70. The van der Waals surface area contributed by atoms with Crippen molar-refractivity contribution in [3.63, 3.8) is 0 Å². The van der Waals surface area contributed by atoms with Crippen LogP contribution in [-0.4, -0.2) is 43.5 Å². The Hall–Kier alpha value is -0.810. The lowest BCUT2D eigenvalue weighted by atomic mass is 10.0. The van der Waals surface area contributed by atoms with Gasteiger partial charge in [-0.3, -0.25) is 0 Å². The number of carbonyl (C=O) groups is 1. The van der Waals surface area contributed by atoms with Gasteiger partial charge in [0.25, 0.3) is 0 Å². The molecule has 0 radical (unpaired) electrons. The van der Waals surface area contributed by atoms with E-state index < -0.39 is 0 Å². The van der Waals surface area contributed by atoms with Gasteiger partial charge in [-0.15, -0.1) is 0 Å². The summed E-state index contributed by atoms with van der Waals surface area (Å²) in [5.74, 6) is 0.308. The van der Waals surface area contributed by atoms with E-state index in [2.05, 4.69) is 10.6 Å². The van der Waals surface area contributed by atoms with Crippen LogP contribution in [0.25, 0.3) is 0 Å². The molecule has 2 amide bonds. The van der Waals surface area contributed by atoms with E-state index in [4.69, 9.17) is 9.84 Å². The molecule has 2 atom stereocenters. The van der Waals surface area contributed by atoms with Crippen molar-refractivity contribution < 1.29 is 14.6 Å². The average molecular weight is 246 g/mol. The average Bonchev–Trinajstić information content (AvgIpc) is 2.25. The number of aliphatic hydroxyl groups is 1. The number of aliphatic hydroxyl groups excluding tert-OH is 1. The van der Waals surface area contributed by atoms with Gasteiger partial charge >= 0.3 is 6.03 Å². The van der Waals surface area contributed by atoms with Gasteiger partial charge < -0.3 is 20.5 Å². The van der Waals surface area contributed by atoms with Gasteiger partial charge in [-0.1, -0.05) is 13.8 Å². The lowest BCUT2D eigenvalue weighted by molar-refractivity contribution is 0.182. The minimum absolute atomic E-state index is 0.00891. The summed E-state index contributed by atoms with van der Waals surface area (Å²) in [6, 6.07) is -0.0905. The van der Waals surface area contributed by atoms with E-state index in [1.54, 1.807) is 7.11 Å². The molecule has 0 aliphatic carbocycles. The zero-order valence-electron chi connectivity index (χ0n) is 11.3. The Balaban J connectivity index is 3.96. The van der Waals surface area contributed by atoms with E-state index in [0.717, 1.165) is 6.42 Å². The third kappa shape index (κ3) is 7.99. The maximum absolute atomic E-state index is 11.7. The molecule has 0 bridgehead atoms. The molecule has 5 nitrogen and oxygen atoms in total. The number of hydrogen-bond acceptors (Lipinski definition) is 3. The standard InChI is InChI=1S/C12H26N2O3/c1-9(2)11(5-7-15)14-12(16)13-10(3)6-8-17-4/h9-11,15H,5-8H2,1-4H3,(H2,13,14,16). The Morgan fingerprint density at radius 1 is 1.24 bits per heavy atom. The molecule has 0 saturated heterocycles. The summed E-state index contributed by atoms with van der Waals surface area (Å²) in [7, 11) is 1.64. The van der Waals surface area contributed by atoms with Gasteiger partial charge in [0.2, 0.25) is 0 Å². The van der Waals surface area contributed by atoms with E-state index in [1.807, 2.05) is 20.8 Å². The summed E-state index contributed by atoms with van der Waals surface area (Å²) >= 11 is 0. The lowest BCUT2D eigenvalue weighted by Gasteiger charge is -2.23. The Bertz CT molecular complexity index is 210. The molecule has 2 unspecified atom stereocenters. The molecule has 0 aliphatic rings. The molecule has 0 heterocycles. The van der Waals surface area contributed by atoms with Crippen LogP contribution < -0.4 is 10.6 Å². The van der Waals surface area contributed by atoms with Gasteiger partial charge in [0.1, 0.15) is 0 Å². The molecule has 0 aromatic carbocycles. The lowest BCUT2D eigenvalue weighted by Crippen LogP contribution is -2.47. The van der Waals surface area contributed by atoms with E-state index in [9.17, 15) is 4.79 Å². The van der Waals surface area contributed by atoms with Gasteiger partial charge in [-0.25, -0.2) is 4.79 Å². The topological polar surface area (TPSA) is 70.6 Å². The van der Waals surface area contributed by atoms with Gasteiger partial charge in [-0.2, -0.15) is 0 Å². The van der Waals surface area contributed by atoms with Crippen molar-refractivity contribution in [2.24, 2.45) is 5.92 Å². The summed E-state index contributed by atoms with van der Waals surface area (Å²) in [5.41, 5.74) is 0. The third-order valence-electron chi connectivity index (χ3n) is 2.69. The molecule has 0 saturated carbocycles. The van der Waals surface area contributed by atoms with Gasteiger partial charge in [0.05, 0.1) is 0 Å². The predicted molar refractivity (Wildman–Crippen MR) is 68.0 cm³/mol. The van der Waals surface area contributed by atoms with Crippen LogP contribution in [0.5, 0.6) is 0 Å². The first-order chi connectivity index (χ1) is 8.01. The molecule has 0 aliphatic heterocycles. The molecule has 0 spiro atoms. The first-order valence-electron chi connectivity index (χ1n) is 6.18. The fourth-order valence-electron chi connectivity index (χ4n) is 1.51. The fraction of sp³-hybridized carbons (Fsp3) is 0.917. The predicted octanol–water partition coefficient (Wildman–Crippen LogP) is 1.12. The van der Waals surface area contributed by atoms with Crippen LogP contribution in [0.1, 0.15) is 33.6 Å². The van der Waals surface area contributed by atoms with Gasteiger partial charge in [0, 0.05) is 32.4 Å². The normalized spacial score (nSPS) is 14.5. The molecule has 0 aromatic heterocycles. The number of urea groups is 1. The van der Waals surface area contributed by atoms with Gasteiger partial charge in [-0.05, 0) is 25.7 Å². The monoisotopic (exact) mass is 246 g/mol. The SMILES string of the molecule is COCCC(C)NC(=O)NC(CCO)C(C)C. The molecule has 17 heavy (non-hydrogen) atoms. The highest BCUT2D eigenvalue weighted by atomic mass is 16.5. The second kappa shape index (κ2) is 9.24. The molecule has 102 valence electrons. The summed E-state index contributed by atoms with van der Waals surface area (Å²) in [4.78, 5) is 11.7. The van der Waals surface area contributed by atoms with E-state index in [1.165, 1.54) is 0 Å². The molecular formula is C12H26N2O3. The van der Waals surface area contributed by atoms with Crippen molar-refractivity contribution in [1.29, 1.82) is 0 Å². The first-order valence-corrected chi connectivity index (χ1v) is 6.18. The van der Waals surface area contributed by atoms with E-state index >= 15 is 0 Å². The van der Waals surface area contributed by atoms with Crippen LogP contribution in [-0.2, 0) is 4.74 Å². The van der Waals surface area contributed by atoms with Crippen molar-refractivity contribution in [2.75, 3.05) is 20.3 Å². The molecule has 0 aromatic rings. The van der Waals surface area contributed by atoms with Crippen LogP contribution >= 0.6 is 0 Å². The maximum atomic E-state index is 11.7. The highest BCUT2D eigenvalue weighted by Gasteiger charge is 2.16. The molecule has 0 rings (SSSR count).